The molecule has 0 radical (unpaired) electrons. The molecular weight excluding hydrogens is 618 g/mol. The Labute approximate surface area is 274 Å². The summed E-state index contributed by atoms with van der Waals surface area (Å²) in [6.45, 7) is 5.99. The highest BCUT2D eigenvalue weighted by Gasteiger charge is 2.41. The Morgan fingerprint density at radius 2 is 1.81 bits per heavy atom. The van der Waals surface area contributed by atoms with Crippen LogP contribution in [0.2, 0.25) is 0 Å². The molecule has 1 heterocycles. The number of carbonyl (C=O) groups is 2. The number of hydrogen-bond donors (Lipinski definition) is 1. The number of amides is 2. The third kappa shape index (κ3) is 10.1. The first kappa shape index (κ1) is 36.0. The van der Waals surface area contributed by atoms with Gasteiger partial charge in [0.15, 0.2) is 11.5 Å². The Morgan fingerprint density at radius 1 is 1.09 bits per heavy atom. The van der Waals surface area contributed by atoms with Crippen molar-refractivity contribution < 1.29 is 41.4 Å². The second-order valence-corrected chi connectivity index (χ2v) is 13.5. The highest BCUT2D eigenvalue weighted by Crippen LogP contribution is 2.34. The molecule has 2 aliphatic rings. The summed E-state index contributed by atoms with van der Waals surface area (Å²) in [5, 5.41) is 3.16. The molecule has 0 bridgehead atoms. The lowest BCUT2D eigenvalue weighted by molar-refractivity contribution is -0.0512. The number of hydrogen-bond acceptors (Lipinski definition) is 6. The number of rotatable bonds is 12. The Balaban J connectivity index is 1.59. The molecule has 1 saturated heterocycles. The van der Waals surface area contributed by atoms with Crippen molar-refractivity contribution in [2.45, 2.75) is 90.0 Å². The minimum Gasteiger partial charge on any atom is -0.493 e. The van der Waals surface area contributed by atoms with E-state index >= 15 is 0 Å². The minimum absolute atomic E-state index is 0.0179. The number of halogens is 4. The van der Waals surface area contributed by atoms with Gasteiger partial charge < -0.3 is 24.4 Å². The zero-order valence-corrected chi connectivity index (χ0v) is 27.7. The molecule has 2 amide bonds. The van der Waals surface area contributed by atoms with E-state index in [1.54, 1.807) is 17.9 Å². The molecule has 258 valence electrons. The van der Waals surface area contributed by atoms with Crippen molar-refractivity contribution in [3.8, 4) is 11.5 Å². The number of nitrogens with one attached hydrogen (secondary N) is 1. The number of methoxy groups -OCH3 is 1. The molecule has 8 nitrogen and oxygen atoms in total. The predicted molar refractivity (Wildman–Crippen MR) is 171 cm³/mol. The fraction of sp³-hybridized carbons (Fsp3) is 0.543. The highest BCUT2D eigenvalue weighted by molar-refractivity contribution is 5.95. The van der Waals surface area contributed by atoms with Crippen LogP contribution in [0.15, 0.2) is 42.0 Å². The maximum absolute atomic E-state index is 14.5. The summed E-state index contributed by atoms with van der Waals surface area (Å²) in [5.74, 6) is -2.01. The van der Waals surface area contributed by atoms with Gasteiger partial charge in [-0.3, -0.25) is 9.69 Å². The number of likely N-dealkylation sites (tertiary alicyclic amines) is 1. The smallest absolute Gasteiger partial charge is 0.408 e. The van der Waals surface area contributed by atoms with Gasteiger partial charge >= 0.3 is 12.7 Å². The van der Waals surface area contributed by atoms with E-state index in [2.05, 4.69) is 15.0 Å². The number of carbonyl (C=O) groups excluding carboxylic acids is 2. The number of benzene rings is 2. The Kier molecular flexibility index (Phi) is 11.8. The van der Waals surface area contributed by atoms with Crippen molar-refractivity contribution in [3.63, 3.8) is 0 Å². The second-order valence-electron chi connectivity index (χ2n) is 13.5. The van der Waals surface area contributed by atoms with Gasteiger partial charge in [-0.1, -0.05) is 24.5 Å². The van der Waals surface area contributed by atoms with Gasteiger partial charge in [-0.25, -0.2) is 13.6 Å². The molecule has 4 rings (SSSR count). The van der Waals surface area contributed by atoms with Crippen LogP contribution in [0.25, 0.3) is 6.08 Å². The van der Waals surface area contributed by atoms with E-state index in [0.29, 0.717) is 18.7 Å². The Morgan fingerprint density at radius 3 is 2.45 bits per heavy atom. The van der Waals surface area contributed by atoms with Gasteiger partial charge in [0.05, 0.1) is 12.6 Å². The van der Waals surface area contributed by atoms with Gasteiger partial charge in [0.2, 0.25) is 0 Å². The summed E-state index contributed by atoms with van der Waals surface area (Å²) in [5.41, 5.74) is -0.0472. The Bertz CT molecular complexity index is 1440. The fourth-order valence-electron chi connectivity index (χ4n) is 6.47. The van der Waals surface area contributed by atoms with Gasteiger partial charge in [0, 0.05) is 42.9 Å². The molecular formula is C35H45F4N3O5. The zero-order valence-electron chi connectivity index (χ0n) is 27.7. The summed E-state index contributed by atoms with van der Waals surface area (Å²) >= 11 is 0. The molecule has 0 aromatic heterocycles. The van der Waals surface area contributed by atoms with Crippen molar-refractivity contribution in [3.05, 3.63) is 64.7 Å². The lowest BCUT2D eigenvalue weighted by atomic mass is 9.96. The molecule has 12 heteroatoms. The summed E-state index contributed by atoms with van der Waals surface area (Å²) < 4.78 is 69.2. The molecule has 1 N–H and O–H groups in total. The van der Waals surface area contributed by atoms with E-state index in [1.807, 2.05) is 20.8 Å². The molecule has 1 aliphatic carbocycles. The van der Waals surface area contributed by atoms with E-state index in [4.69, 9.17) is 9.47 Å². The minimum atomic E-state index is -3.07. The highest BCUT2D eigenvalue weighted by atomic mass is 19.3. The molecule has 2 aromatic carbocycles. The molecule has 1 unspecified atom stereocenters. The van der Waals surface area contributed by atoms with Crippen LogP contribution < -0.4 is 14.8 Å². The first-order valence-corrected chi connectivity index (χ1v) is 16.0. The third-order valence-corrected chi connectivity index (χ3v) is 8.48. The molecule has 47 heavy (non-hydrogen) atoms. The Hall–Kier alpha value is -3.80. The number of alkyl halides is 2. The molecule has 2 aromatic rings. The SMILES string of the molecule is COc1cc(C(=O)N(C/C(C)=C/c2ccc(F)cc2F)CC2CCCN2CC2(NC(=O)OC(C)(C)C)CCCC2)ccc1OC(F)F. The first-order chi connectivity index (χ1) is 22.2. The van der Waals surface area contributed by atoms with Gasteiger partial charge in [-0.15, -0.1) is 0 Å². The van der Waals surface area contributed by atoms with Crippen LogP contribution in [0.4, 0.5) is 22.4 Å². The van der Waals surface area contributed by atoms with Crippen LogP contribution in [0, 0.1) is 11.6 Å². The van der Waals surface area contributed by atoms with E-state index < -0.39 is 35.5 Å². The van der Waals surface area contributed by atoms with Crippen LogP contribution >= 0.6 is 0 Å². The lowest BCUT2D eigenvalue weighted by Crippen LogP contribution is -2.56. The number of nitrogens with zero attached hydrogens (tertiary/aromatic N) is 2. The quantitative estimate of drug-likeness (QED) is 0.238. The van der Waals surface area contributed by atoms with Gasteiger partial charge in [-0.05, 0) is 90.3 Å². The predicted octanol–water partition coefficient (Wildman–Crippen LogP) is 7.42. The zero-order chi connectivity index (χ0) is 34.4. The molecule has 1 atom stereocenters. The third-order valence-electron chi connectivity index (χ3n) is 8.48. The summed E-state index contributed by atoms with van der Waals surface area (Å²) in [6, 6.07) is 7.29. The van der Waals surface area contributed by atoms with E-state index in [9.17, 15) is 27.2 Å². The van der Waals surface area contributed by atoms with Crippen LogP contribution in [0.3, 0.4) is 0 Å². The molecule has 2 fully saturated rings. The van der Waals surface area contributed by atoms with Gasteiger partial charge in [0.25, 0.3) is 5.91 Å². The van der Waals surface area contributed by atoms with Crippen LogP contribution in [-0.4, -0.2) is 78.9 Å². The summed E-state index contributed by atoms with van der Waals surface area (Å²) in [4.78, 5) is 30.8. The van der Waals surface area contributed by atoms with Crippen molar-refractivity contribution in [1.29, 1.82) is 0 Å². The number of ether oxygens (including phenoxy) is 3. The summed E-state index contributed by atoms with van der Waals surface area (Å²) in [7, 11) is 1.30. The average Bonchev–Trinajstić information content (AvgIpc) is 3.62. The van der Waals surface area contributed by atoms with Crippen LogP contribution in [0.1, 0.15) is 82.1 Å². The first-order valence-electron chi connectivity index (χ1n) is 16.0. The number of alkyl carbamates (subject to hydrolysis) is 1. The summed E-state index contributed by atoms with van der Waals surface area (Å²) in [6.07, 6.45) is 6.43. The largest absolute Gasteiger partial charge is 0.493 e. The maximum atomic E-state index is 14.5. The van der Waals surface area contributed by atoms with Gasteiger partial charge in [-0.2, -0.15) is 8.78 Å². The average molecular weight is 664 g/mol. The van der Waals surface area contributed by atoms with Crippen molar-refractivity contribution >= 4 is 18.1 Å². The van der Waals surface area contributed by atoms with E-state index in [0.717, 1.165) is 51.1 Å². The monoisotopic (exact) mass is 663 g/mol. The lowest BCUT2D eigenvalue weighted by Gasteiger charge is -2.38. The van der Waals surface area contributed by atoms with Crippen molar-refractivity contribution in [2.75, 3.05) is 33.3 Å². The van der Waals surface area contributed by atoms with Crippen molar-refractivity contribution in [1.82, 2.24) is 15.1 Å². The van der Waals surface area contributed by atoms with Crippen LogP contribution in [0.5, 0.6) is 11.5 Å². The topological polar surface area (TPSA) is 80.3 Å². The van der Waals surface area contributed by atoms with Gasteiger partial charge in [0.1, 0.15) is 17.2 Å². The molecule has 0 spiro atoms. The molecule has 1 aliphatic heterocycles. The normalized spacial score (nSPS) is 18.3. The standard InChI is InChI=1S/C35H45F4N3O5/c1-23(17-24-10-12-26(36)19-28(24)37)20-42(31(43)25-11-13-29(46-32(38)39)30(18-25)45-5)21-27-9-8-16-41(27)22-35(14-6-7-15-35)40-33(44)47-34(2,3)4/h10-13,17-19,27,32H,6-9,14-16,20-22H2,1-5H3,(H,40,44)/b23-17+. The maximum Gasteiger partial charge on any atom is 0.408 e. The van der Waals surface area contributed by atoms with E-state index in [1.165, 1.54) is 37.4 Å². The van der Waals surface area contributed by atoms with E-state index in [-0.39, 0.29) is 41.1 Å². The molecule has 1 saturated carbocycles. The fourth-order valence-corrected chi connectivity index (χ4v) is 6.47. The second kappa shape index (κ2) is 15.4. The van der Waals surface area contributed by atoms with Crippen molar-refractivity contribution in [2.24, 2.45) is 0 Å². The van der Waals surface area contributed by atoms with Crippen LogP contribution in [-0.2, 0) is 4.74 Å².